The first-order valence-electron chi connectivity index (χ1n) is 14.2. The maximum Gasteiger partial charge on any atom is 0.352 e. The summed E-state index contributed by atoms with van der Waals surface area (Å²) in [7, 11) is 0. The van der Waals surface area contributed by atoms with Crippen LogP contribution in [-0.4, -0.2) is 4.57 Å². The van der Waals surface area contributed by atoms with Crippen molar-refractivity contribution in [3.8, 4) is 22.6 Å². The molecule has 2 aromatic heterocycles. The molecule has 0 fully saturated rings. The van der Waals surface area contributed by atoms with Crippen LogP contribution >= 0.6 is 11.8 Å². The first kappa shape index (κ1) is 22.1. The third kappa shape index (κ3) is 2.46. The predicted molar refractivity (Wildman–Crippen MR) is 163 cm³/mol. The van der Waals surface area contributed by atoms with Gasteiger partial charge in [-0.05, 0) is 78.2 Å². The predicted octanol–water partition coefficient (Wildman–Crippen LogP) is 7.56. The third-order valence-corrected chi connectivity index (χ3v) is 10.3. The molecule has 1 atom stereocenters. The molecule has 0 aliphatic carbocycles. The molecule has 3 nitrogen and oxygen atoms in total. The lowest BCUT2D eigenvalue weighted by Gasteiger charge is -2.22. The minimum atomic E-state index is -0.545. The lowest BCUT2D eigenvalue weighted by molar-refractivity contribution is -0.733. The van der Waals surface area contributed by atoms with Crippen LogP contribution in [0.5, 0.6) is 0 Å². The minimum absolute atomic E-state index is 0.545. The molecule has 0 saturated carbocycles. The van der Waals surface area contributed by atoms with Gasteiger partial charge in [0.1, 0.15) is 5.69 Å². The lowest BCUT2D eigenvalue weighted by atomic mass is 9.80. The van der Waals surface area contributed by atoms with Crippen LogP contribution in [0.3, 0.4) is 0 Å². The molecule has 0 bridgehead atoms. The molecule has 5 aromatic carbocycles. The van der Waals surface area contributed by atoms with E-state index in [0.29, 0.717) is 0 Å². The van der Waals surface area contributed by atoms with Crippen LogP contribution in [0, 0.1) is 13.8 Å². The molecule has 192 valence electrons. The smallest absolute Gasteiger partial charge is 0.185 e. The van der Waals surface area contributed by atoms with Gasteiger partial charge >= 0.3 is 11.4 Å². The Morgan fingerprint density at radius 1 is 0.732 bits per heavy atom. The van der Waals surface area contributed by atoms with Crippen molar-refractivity contribution in [2.24, 2.45) is 0 Å². The lowest BCUT2D eigenvalue weighted by Crippen LogP contribution is -2.57. The number of hydrogen-bond acceptors (Lipinski definition) is 1. The van der Waals surface area contributed by atoms with Gasteiger partial charge in [0.2, 0.25) is 5.69 Å². The molecule has 0 amide bonds. The average molecular weight is 544 g/mol. The number of hydrogen-bond donors (Lipinski definition) is 0. The molecule has 3 aliphatic heterocycles. The number of rotatable bonds is 1. The normalized spacial score (nSPS) is 17.0. The van der Waals surface area contributed by atoms with E-state index in [1.54, 1.807) is 0 Å². The van der Waals surface area contributed by atoms with Gasteiger partial charge in [0.05, 0.1) is 26.5 Å². The van der Waals surface area contributed by atoms with Crippen LogP contribution < -0.4 is 9.13 Å². The molecule has 5 heterocycles. The molecule has 41 heavy (non-hydrogen) atoms. The molecule has 1 unspecified atom stereocenters. The average Bonchev–Trinajstić information content (AvgIpc) is 3.59. The topological polar surface area (TPSA) is 12.7 Å². The van der Waals surface area contributed by atoms with E-state index in [0.717, 1.165) is 0 Å². The molecule has 0 N–H and O–H groups in total. The summed E-state index contributed by atoms with van der Waals surface area (Å²) in [5, 5.41) is 2.60. The summed E-state index contributed by atoms with van der Waals surface area (Å²) in [5.41, 5.74) is 12.4. The van der Waals surface area contributed by atoms with E-state index in [1.165, 1.54) is 82.3 Å². The van der Waals surface area contributed by atoms with Crippen molar-refractivity contribution in [1.29, 1.82) is 0 Å². The molecule has 7 aromatic rings. The Balaban J connectivity index is 1.54. The van der Waals surface area contributed by atoms with E-state index >= 15 is 0 Å². The Hall–Kier alpha value is -4.67. The summed E-state index contributed by atoms with van der Waals surface area (Å²) in [6.07, 6.45) is 2.30. The summed E-state index contributed by atoms with van der Waals surface area (Å²) >= 11 is 1.91. The maximum atomic E-state index is 2.61. The van der Waals surface area contributed by atoms with Crippen LogP contribution in [0.15, 0.2) is 125 Å². The summed E-state index contributed by atoms with van der Waals surface area (Å²) in [6, 6.07) is 40.9. The Bertz CT molecular complexity index is 2260. The zero-order valence-electron chi connectivity index (χ0n) is 22.7. The number of aryl methyl sites for hydroxylation is 2. The minimum Gasteiger partial charge on any atom is -0.185 e. The van der Waals surface area contributed by atoms with E-state index in [1.807, 2.05) is 11.8 Å². The zero-order chi connectivity index (χ0) is 27.0. The van der Waals surface area contributed by atoms with Crippen LogP contribution in [0.4, 0.5) is 0 Å². The fourth-order valence-corrected chi connectivity index (χ4v) is 9.15. The van der Waals surface area contributed by atoms with E-state index in [4.69, 9.17) is 0 Å². The Morgan fingerprint density at radius 2 is 1.54 bits per heavy atom. The van der Waals surface area contributed by atoms with Crippen molar-refractivity contribution in [1.82, 2.24) is 4.57 Å². The number of para-hydroxylation sites is 1. The van der Waals surface area contributed by atoms with Gasteiger partial charge in [-0.1, -0.05) is 66.4 Å². The Labute approximate surface area is 242 Å². The van der Waals surface area contributed by atoms with Crippen LogP contribution in [-0.2, 0) is 5.54 Å². The van der Waals surface area contributed by atoms with E-state index < -0.39 is 5.54 Å². The van der Waals surface area contributed by atoms with E-state index in [-0.39, 0.29) is 0 Å². The number of benzene rings is 5. The molecular formula is C37H25N3S+2. The van der Waals surface area contributed by atoms with Gasteiger partial charge in [-0.25, -0.2) is 0 Å². The molecule has 0 radical (unpaired) electrons. The van der Waals surface area contributed by atoms with Crippen molar-refractivity contribution in [3.63, 3.8) is 0 Å². The van der Waals surface area contributed by atoms with Crippen molar-refractivity contribution >= 4 is 33.6 Å². The first-order valence-corrected chi connectivity index (χ1v) is 15.0. The summed E-state index contributed by atoms with van der Waals surface area (Å²) in [4.78, 5) is 2.63. The van der Waals surface area contributed by atoms with Crippen LogP contribution in [0.2, 0.25) is 0 Å². The fraction of sp³-hybridized carbons (Fsp3) is 0.0811. The first-order chi connectivity index (χ1) is 20.2. The van der Waals surface area contributed by atoms with Crippen molar-refractivity contribution in [3.05, 3.63) is 143 Å². The Kier molecular flexibility index (Phi) is 3.95. The second kappa shape index (κ2) is 7.34. The highest BCUT2D eigenvalue weighted by Crippen LogP contribution is 2.57. The molecular weight excluding hydrogens is 518 g/mol. The zero-order valence-corrected chi connectivity index (χ0v) is 23.5. The molecule has 10 rings (SSSR count). The number of nitrogens with zero attached hydrogens (tertiary/aromatic N) is 3. The third-order valence-electron chi connectivity index (χ3n) is 9.26. The van der Waals surface area contributed by atoms with E-state index in [9.17, 15) is 0 Å². The Morgan fingerprint density at radius 3 is 2.44 bits per heavy atom. The second-order valence-corrected chi connectivity index (χ2v) is 12.7. The number of pyridine rings is 1. The van der Waals surface area contributed by atoms with Gasteiger partial charge in [-0.3, -0.25) is 0 Å². The number of aromatic nitrogens is 3. The van der Waals surface area contributed by atoms with E-state index in [2.05, 4.69) is 143 Å². The quantitative estimate of drug-likeness (QED) is 0.195. The summed E-state index contributed by atoms with van der Waals surface area (Å²) in [5.74, 6) is 1.28. The van der Waals surface area contributed by atoms with Crippen LogP contribution in [0.25, 0.3) is 44.4 Å². The fourth-order valence-electron chi connectivity index (χ4n) is 8.00. The van der Waals surface area contributed by atoms with Crippen molar-refractivity contribution < 1.29 is 9.13 Å². The highest BCUT2D eigenvalue weighted by atomic mass is 32.2. The SMILES string of the molecule is Cc1cc(C)cc(-n2c3[n+]4c5c(cccc52)Sc2cc5ccccc5c(c2-4)C32c3ccccc3-c3cccc[n+]32)c1. The monoisotopic (exact) mass is 543 g/mol. The van der Waals surface area contributed by atoms with Crippen molar-refractivity contribution in [2.45, 2.75) is 29.2 Å². The molecule has 4 heteroatoms. The maximum absolute atomic E-state index is 2.61. The molecule has 0 saturated heterocycles. The standard InChI is InChI=1S/C37H25N3S/c1-22-18-23(2)20-25(19-22)39-30-15-9-16-31-34(30)40-35-32(41-31)21-24-10-3-4-11-26(24)33(35)37(36(39)40)28-13-6-5-12-27(28)29-14-7-8-17-38(29)37/h3-21H,1-2H3/q+2. The molecule has 3 aliphatic rings. The van der Waals surface area contributed by atoms with Gasteiger partial charge < -0.3 is 0 Å². The van der Waals surface area contributed by atoms with Crippen molar-refractivity contribution in [2.75, 3.05) is 0 Å². The highest BCUT2D eigenvalue weighted by molar-refractivity contribution is 7.99. The summed E-state index contributed by atoms with van der Waals surface area (Å²) < 4.78 is 7.73. The number of fused-ring (bicyclic) bond motifs is 9. The van der Waals surface area contributed by atoms with Gasteiger partial charge in [-0.15, -0.1) is 0 Å². The van der Waals surface area contributed by atoms with Gasteiger partial charge in [-0.2, -0.15) is 13.7 Å². The summed E-state index contributed by atoms with van der Waals surface area (Å²) in [6.45, 7) is 4.42. The van der Waals surface area contributed by atoms with Gasteiger partial charge in [0.15, 0.2) is 22.9 Å². The second-order valence-electron chi connectivity index (χ2n) is 11.6. The van der Waals surface area contributed by atoms with Gasteiger partial charge in [0, 0.05) is 12.1 Å². The van der Waals surface area contributed by atoms with Gasteiger partial charge in [0.25, 0.3) is 0 Å². The highest BCUT2D eigenvalue weighted by Gasteiger charge is 2.69. The number of imidazole rings is 1. The molecule has 1 spiro atoms. The largest absolute Gasteiger partial charge is 0.352 e. The van der Waals surface area contributed by atoms with Crippen LogP contribution in [0.1, 0.15) is 28.1 Å².